The zero-order chi connectivity index (χ0) is 24.3. The van der Waals surface area contributed by atoms with Gasteiger partial charge in [0, 0.05) is 15.7 Å². The fourth-order valence-electron chi connectivity index (χ4n) is 2.89. The van der Waals surface area contributed by atoms with Crippen molar-refractivity contribution in [3.05, 3.63) is 60.3 Å². The smallest absolute Gasteiger partial charge is 0.339 e. The normalized spacial score (nSPS) is 14.6. The van der Waals surface area contributed by atoms with Crippen LogP contribution in [-0.4, -0.2) is 48.7 Å². The summed E-state index contributed by atoms with van der Waals surface area (Å²) in [4.78, 5) is 50.4. The zero-order valence-corrected chi connectivity index (χ0v) is 21.9. The van der Waals surface area contributed by atoms with Gasteiger partial charge in [0.25, 0.3) is 11.1 Å². The number of ether oxygens (including phenoxy) is 2. The molecule has 1 heterocycles. The summed E-state index contributed by atoms with van der Waals surface area (Å²) in [6.07, 6.45) is 1.53. The maximum absolute atomic E-state index is 12.8. The Balaban J connectivity index is 1.77. The van der Waals surface area contributed by atoms with Crippen molar-refractivity contribution in [1.82, 2.24) is 4.90 Å². The molecule has 172 valence electrons. The van der Waals surface area contributed by atoms with Crippen LogP contribution in [0.15, 0.2) is 44.2 Å². The largest absolute Gasteiger partial charge is 0.495 e. The molecule has 33 heavy (non-hydrogen) atoms. The first-order chi connectivity index (χ1) is 15.6. The van der Waals surface area contributed by atoms with Gasteiger partial charge in [0.05, 0.1) is 34.2 Å². The van der Waals surface area contributed by atoms with E-state index in [2.05, 4.69) is 41.9 Å². The molecule has 2 aromatic rings. The number of halogens is 3. The molecule has 0 radical (unpaired) electrons. The molecule has 0 atom stereocenters. The second-order valence-corrected chi connectivity index (χ2v) is 9.68. The van der Waals surface area contributed by atoms with Gasteiger partial charge in [0.15, 0.2) is 0 Å². The molecule has 8 nitrogen and oxygen atoms in total. The van der Waals surface area contributed by atoms with E-state index in [1.54, 1.807) is 12.1 Å². The summed E-state index contributed by atoms with van der Waals surface area (Å²) in [5.41, 5.74) is 0.904. The molecular weight excluding hydrogens is 604 g/mol. The summed E-state index contributed by atoms with van der Waals surface area (Å²) < 4.78 is 11.4. The molecule has 1 aliphatic rings. The average molecular weight is 619 g/mol. The van der Waals surface area contributed by atoms with E-state index >= 15 is 0 Å². The monoisotopic (exact) mass is 616 g/mol. The van der Waals surface area contributed by atoms with E-state index < -0.39 is 29.6 Å². The number of nitrogens with zero attached hydrogens (tertiary/aromatic N) is 1. The number of thioether (sulfide) groups is 1. The third-order valence-electron chi connectivity index (χ3n) is 4.36. The molecule has 1 aliphatic heterocycles. The standard InChI is InChI=1S/C21H15Br2ClN2O6S/c1-31-18-10(5-11(22)7-14(18)23)6-16-19(28)26(21(30)33-16)9-17(27)25-12-3-4-15(24)13(8-12)20(29)32-2/h3-8H,9H2,1-2H3,(H,25,27)/b16-6+. The highest BCUT2D eigenvalue weighted by atomic mass is 79.9. The van der Waals surface area contributed by atoms with Crippen molar-refractivity contribution in [2.75, 3.05) is 26.1 Å². The van der Waals surface area contributed by atoms with Crippen molar-refractivity contribution in [3.8, 4) is 5.75 Å². The Hall–Kier alpha value is -2.34. The fraction of sp³-hybridized carbons (Fsp3) is 0.143. The third-order valence-corrected chi connectivity index (χ3v) is 6.64. The van der Waals surface area contributed by atoms with E-state index in [4.69, 9.17) is 16.3 Å². The highest BCUT2D eigenvalue weighted by Gasteiger charge is 2.36. The number of methoxy groups -OCH3 is 2. The van der Waals surface area contributed by atoms with Gasteiger partial charge in [0.1, 0.15) is 12.3 Å². The van der Waals surface area contributed by atoms with Crippen molar-refractivity contribution in [3.63, 3.8) is 0 Å². The van der Waals surface area contributed by atoms with Crippen LogP contribution in [0.3, 0.4) is 0 Å². The number of anilines is 1. The Labute approximate surface area is 214 Å². The molecule has 0 unspecified atom stereocenters. The first kappa shape index (κ1) is 25.3. The lowest BCUT2D eigenvalue weighted by Gasteiger charge is -2.13. The molecule has 0 aromatic heterocycles. The van der Waals surface area contributed by atoms with Crippen LogP contribution in [-0.2, 0) is 14.3 Å². The summed E-state index contributed by atoms with van der Waals surface area (Å²) in [5.74, 6) is -1.40. The van der Waals surface area contributed by atoms with Gasteiger partial charge in [-0.25, -0.2) is 4.79 Å². The second-order valence-electron chi connectivity index (χ2n) is 6.51. The molecular formula is C21H15Br2ClN2O6S. The van der Waals surface area contributed by atoms with Crippen LogP contribution in [0.5, 0.6) is 5.75 Å². The predicted molar refractivity (Wildman–Crippen MR) is 132 cm³/mol. The summed E-state index contributed by atoms with van der Waals surface area (Å²) in [5, 5.41) is 2.12. The number of carbonyl (C=O) groups excluding carboxylic acids is 4. The Morgan fingerprint density at radius 2 is 1.91 bits per heavy atom. The van der Waals surface area contributed by atoms with Gasteiger partial charge in [0.2, 0.25) is 5.91 Å². The first-order valence-corrected chi connectivity index (χ1v) is 11.9. The van der Waals surface area contributed by atoms with Gasteiger partial charge >= 0.3 is 5.97 Å². The van der Waals surface area contributed by atoms with Crippen molar-refractivity contribution in [2.24, 2.45) is 0 Å². The van der Waals surface area contributed by atoms with E-state index in [9.17, 15) is 19.2 Å². The van der Waals surface area contributed by atoms with Crippen LogP contribution in [0.2, 0.25) is 5.02 Å². The molecule has 3 rings (SSSR count). The lowest BCUT2D eigenvalue weighted by atomic mass is 10.2. The third kappa shape index (κ3) is 5.78. The number of nitrogens with one attached hydrogen (secondary N) is 1. The van der Waals surface area contributed by atoms with Crippen molar-refractivity contribution in [2.45, 2.75) is 0 Å². The van der Waals surface area contributed by atoms with Gasteiger partial charge in [-0.05, 0) is 64.1 Å². The lowest BCUT2D eigenvalue weighted by Crippen LogP contribution is -2.36. The van der Waals surface area contributed by atoms with E-state index in [0.29, 0.717) is 15.8 Å². The minimum Gasteiger partial charge on any atom is -0.495 e. The van der Waals surface area contributed by atoms with Crippen LogP contribution >= 0.6 is 55.2 Å². The van der Waals surface area contributed by atoms with Gasteiger partial charge in [-0.3, -0.25) is 19.3 Å². The first-order valence-electron chi connectivity index (χ1n) is 9.10. The summed E-state index contributed by atoms with van der Waals surface area (Å²) >= 11 is 13.5. The molecule has 1 N–H and O–H groups in total. The maximum Gasteiger partial charge on any atom is 0.339 e. The summed E-state index contributed by atoms with van der Waals surface area (Å²) in [6.45, 7) is -0.502. The molecule has 1 fully saturated rings. The Morgan fingerprint density at radius 3 is 2.58 bits per heavy atom. The molecule has 0 aliphatic carbocycles. The quantitative estimate of drug-likeness (QED) is 0.345. The lowest BCUT2D eigenvalue weighted by molar-refractivity contribution is -0.127. The van der Waals surface area contributed by atoms with Crippen LogP contribution < -0.4 is 10.1 Å². The number of hydrogen-bond acceptors (Lipinski definition) is 7. The average Bonchev–Trinajstić information content (AvgIpc) is 3.01. The van der Waals surface area contributed by atoms with Crippen LogP contribution in [0, 0.1) is 0 Å². The van der Waals surface area contributed by atoms with E-state index in [1.807, 2.05) is 0 Å². The number of esters is 1. The topological polar surface area (TPSA) is 102 Å². The molecule has 2 aromatic carbocycles. The Morgan fingerprint density at radius 1 is 1.18 bits per heavy atom. The van der Waals surface area contributed by atoms with E-state index in [1.165, 1.54) is 38.5 Å². The molecule has 12 heteroatoms. The van der Waals surface area contributed by atoms with Gasteiger partial charge in [-0.15, -0.1) is 0 Å². The maximum atomic E-state index is 12.8. The number of benzene rings is 2. The molecule has 0 spiro atoms. The van der Waals surface area contributed by atoms with Crippen molar-refractivity contribution >= 4 is 90.0 Å². The zero-order valence-electron chi connectivity index (χ0n) is 17.1. The van der Waals surface area contributed by atoms with Crippen LogP contribution in [0.1, 0.15) is 15.9 Å². The van der Waals surface area contributed by atoms with Crippen LogP contribution in [0.4, 0.5) is 10.5 Å². The van der Waals surface area contributed by atoms with Crippen molar-refractivity contribution in [1.29, 1.82) is 0 Å². The molecule has 3 amide bonds. The minimum absolute atomic E-state index is 0.0696. The Bertz CT molecular complexity index is 1200. The van der Waals surface area contributed by atoms with E-state index in [0.717, 1.165) is 21.1 Å². The van der Waals surface area contributed by atoms with Gasteiger partial charge in [-0.2, -0.15) is 0 Å². The summed E-state index contributed by atoms with van der Waals surface area (Å²) in [7, 11) is 2.70. The highest BCUT2D eigenvalue weighted by Crippen LogP contribution is 2.38. The summed E-state index contributed by atoms with van der Waals surface area (Å²) in [6, 6.07) is 7.78. The van der Waals surface area contributed by atoms with Crippen molar-refractivity contribution < 1.29 is 28.7 Å². The number of hydrogen-bond donors (Lipinski definition) is 1. The Kier molecular flexibility index (Phi) is 8.22. The second kappa shape index (κ2) is 10.7. The van der Waals surface area contributed by atoms with Gasteiger partial charge in [-0.1, -0.05) is 27.5 Å². The van der Waals surface area contributed by atoms with Gasteiger partial charge < -0.3 is 14.8 Å². The minimum atomic E-state index is -0.665. The SMILES string of the molecule is COC(=O)c1cc(NC(=O)CN2C(=O)S/C(=C/c3cc(Br)cc(Br)c3OC)C2=O)ccc1Cl. The fourth-order valence-corrected chi connectivity index (χ4v) is 5.34. The number of rotatable bonds is 6. The van der Waals surface area contributed by atoms with Crippen LogP contribution in [0.25, 0.3) is 6.08 Å². The van der Waals surface area contributed by atoms with E-state index in [-0.39, 0.29) is 21.2 Å². The molecule has 1 saturated heterocycles. The molecule has 0 saturated carbocycles. The predicted octanol–water partition coefficient (Wildman–Crippen LogP) is 5.34. The number of amides is 3. The highest BCUT2D eigenvalue weighted by molar-refractivity contribution is 9.11. The molecule has 0 bridgehead atoms. The number of imide groups is 1. The number of carbonyl (C=O) groups is 4.